The molecule has 0 aliphatic carbocycles. The van der Waals surface area contributed by atoms with Crippen molar-refractivity contribution >= 4 is 159 Å². The minimum atomic E-state index is -1.26. The molecule has 0 saturated carbocycles. The molecule has 24 nitrogen and oxygen atoms in total. The van der Waals surface area contributed by atoms with Crippen LogP contribution in [0.15, 0.2) is 0 Å². The smallest absolute Gasteiger partial charge is 0.506 e. The number of carbonyl (C=O) groups excluding carboxylic acids is 3. The van der Waals surface area contributed by atoms with Crippen molar-refractivity contribution < 1.29 is 152 Å². The van der Waals surface area contributed by atoms with Gasteiger partial charge < -0.3 is 82.3 Å². The zero-order chi connectivity index (χ0) is 54.6. The Hall–Kier alpha value is 0.554. The number of halogens is 6. The molecular weight excluding hydrogens is 1850 g/mol. The van der Waals surface area contributed by atoms with Gasteiger partial charge >= 0.3 is 72.4 Å². The van der Waals surface area contributed by atoms with E-state index in [1.807, 2.05) is 14.7 Å². The molecular formula is C43H55I6LuN7NaO17+4. The first-order valence-corrected chi connectivity index (χ1v) is 28.4. The molecule has 418 valence electrons. The summed E-state index contributed by atoms with van der Waals surface area (Å²) < 4.78 is 0.505. The number of nitrogens with zero attached hydrogens (tertiary/aromatic N) is 4. The molecule has 0 aromatic heterocycles. The molecule has 3 unspecified atom stereocenters. The largest absolute Gasteiger partial charge is 3.00 e. The summed E-state index contributed by atoms with van der Waals surface area (Å²) in [4.78, 5) is 59.0. The SMILES string of the molecule is O=C(O)CN1CCN(Cc2c(O)c(I)c(C(=O)NCC(O)CO)c(I)c2O)CCN(Cc2c(O)c(I)c(C(=O)NCC(O)CO)c(I)c2O)CCN(Cc2c(O)c(I)c(C(=O)NCC(O)CO)c(I)c2O)CC1.[Lu+3].[Na+]. The number of carboxylic acid groups (broad SMARTS) is 1. The number of carbonyl (C=O) groups is 4. The van der Waals surface area contributed by atoms with Crippen LogP contribution >= 0.6 is 136 Å². The van der Waals surface area contributed by atoms with Crippen LogP contribution < -0.4 is 45.5 Å². The van der Waals surface area contributed by atoms with Crippen LogP contribution in [0, 0.1) is 58.3 Å². The number of phenols is 6. The summed E-state index contributed by atoms with van der Waals surface area (Å²) in [5.74, 6) is -5.80. The van der Waals surface area contributed by atoms with Crippen LogP contribution in [-0.2, 0) is 24.4 Å². The number of aliphatic hydroxyl groups excluding tert-OH is 6. The average Bonchev–Trinajstić information content (AvgIpc) is 3.35. The van der Waals surface area contributed by atoms with Crippen molar-refractivity contribution in [1.29, 1.82) is 0 Å². The van der Waals surface area contributed by atoms with Crippen LogP contribution in [-0.4, -0.2) is 226 Å². The third-order valence-corrected chi connectivity index (χ3v) is 17.8. The fraction of sp³-hybridized carbons (Fsp3) is 0.488. The predicted octanol–water partition coefficient (Wildman–Crippen LogP) is -2.99. The normalized spacial score (nSPS) is 15.6. The maximum atomic E-state index is 13.3. The molecule has 16 N–H and O–H groups in total. The first-order valence-electron chi connectivity index (χ1n) is 22.0. The number of hydrogen-bond acceptors (Lipinski definition) is 20. The van der Waals surface area contributed by atoms with Crippen LogP contribution in [0.2, 0.25) is 0 Å². The summed E-state index contributed by atoms with van der Waals surface area (Å²) in [5, 5.41) is 144. The maximum absolute atomic E-state index is 13.3. The minimum Gasteiger partial charge on any atom is -0.506 e. The van der Waals surface area contributed by atoms with E-state index < -0.39 is 103 Å². The van der Waals surface area contributed by atoms with Gasteiger partial charge in [-0.1, -0.05) is 0 Å². The van der Waals surface area contributed by atoms with Crippen molar-refractivity contribution in [2.45, 2.75) is 37.9 Å². The van der Waals surface area contributed by atoms with Crippen LogP contribution in [0.4, 0.5) is 0 Å². The van der Waals surface area contributed by atoms with E-state index in [1.165, 1.54) is 0 Å². The average molecular weight is 1900 g/mol. The monoisotopic (exact) mass is 1900 g/mol. The van der Waals surface area contributed by atoms with Gasteiger partial charge in [0.2, 0.25) is 0 Å². The van der Waals surface area contributed by atoms with Crippen LogP contribution in [0.5, 0.6) is 34.5 Å². The zero-order valence-electron chi connectivity index (χ0n) is 39.7. The van der Waals surface area contributed by atoms with Crippen LogP contribution in [0.1, 0.15) is 47.8 Å². The van der Waals surface area contributed by atoms with Crippen molar-refractivity contribution in [2.75, 3.05) is 98.4 Å². The molecule has 3 aromatic carbocycles. The van der Waals surface area contributed by atoms with E-state index in [4.69, 9.17) is 0 Å². The van der Waals surface area contributed by atoms with Crippen molar-refractivity contribution in [2.24, 2.45) is 0 Å². The summed E-state index contributed by atoms with van der Waals surface area (Å²) in [6, 6.07) is 0. The molecule has 1 fully saturated rings. The standard InChI is InChI=1S/C43H55I6N7O17.Lu.Na/c44-29-26(41(71)50-9-19(60)16-57)30(45)36(66)22(35(29)65)12-53-1-3-54(13-23-37(67)31(46)27(32(47)38(23)68)42(72)51-10-20(61)17-58)5-7-56(15-25(63)64)8-6-55(4-2-53)14-24-39(69)33(48)28(34(49)40(24)70)43(73)52-11-21(62)18-59;;/h19-21,57-62,65-70H,1-18H2,(H,50,71)(H,51,72)(H,52,73)(H,63,64);;/q;+3;+1. The molecule has 75 heavy (non-hydrogen) atoms. The molecule has 1 aliphatic rings. The van der Waals surface area contributed by atoms with Crippen molar-refractivity contribution in [3.63, 3.8) is 0 Å². The van der Waals surface area contributed by atoms with Crippen molar-refractivity contribution in [1.82, 2.24) is 35.6 Å². The Balaban J connectivity index is 0.00000963. The fourth-order valence-electron chi connectivity index (χ4n) is 7.34. The van der Waals surface area contributed by atoms with E-state index in [0.29, 0.717) is 0 Å². The molecule has 1 saturated heterocycles. The first kappa shape index (κ1) is 71.7. The number of aromatic hydroxyl groups is 6. The first-order chi connectivity index (χ1) is 34.4. The second kappa shape index (κ2) is 34.2. The van der Waals surface area contributed by atoms with Gasteiger partial charge in [0.15, 0.2) is 0 Å². The van der Waals surface area contributed by atoms with Gasteiger partial charge in [-0.25, -0.2) is 0 Å². The number of nitrogens with one attached hydrogen (secondary N) is 3. The molecule has 0 radical (unpaired) electrons. The minimum absolute atomic E-state index is 0. The summed E-state index contributed by atoms with van der Waals surface area (Å²) in [6.45, 7) is -2.43. The molecule has 3 atom stereocenters. The Morgan fingerprint density at radius 1 is 0.427 bits per heavy atom. The Bertz CT molecular complexity index is 2320. The van der Waals surface area contributed by atoms with Gasteiger partial charge in [-0.15, -0.1) is 0 Å². The third-order valence-electron chi connectivity index (χ3n) is 11.5. The second-order valence-corrected chi connectivity index (χ2v) is 23.1. The Kier molecular flexibility index (Phi) is 32.7. The number of carboxylic acids is 1. The van der Waals surface area contributed by atoms with Crippen LogP contribution in [0.3, 0.4) is 0 Å². The number of benzene rings is 3. The Morgan fingerprint density at radius 3 is 0.813 bits per heavy atom. The number of aliphatic hydroxyl groups is 6. The van der Waals surface area contributed by atoms with E-state index in [0.717, 1.165) is 0 Å². The zero-order valence-corrected chi connectivity index (χ0v) is 56.3. The molecule has 3 aromatic rings. The van der Waals surface area contributed by atoms with Crippen molar-refractivity contribution in [3.05, 3.63) is 54.8 Å². The molecule has 0 spiro atoms. The van der Waals surface area contributed by atoms with E-state index in [2.05, 4.69) is 16.0 Å². The number of aliphatic carboxylic acids is 1. The summed E-state index contributed by atoms with van der Waals surface area (Å²) in [5.41, 5.74) is -0.0829. The van der Waals surface area contributed by atoms with Crippen molar-refractivity contribution in [3.8, 4) is 34.5 Å². The molecule has 4 rings (SSSR count). The van der Waals surface area contributed by atoms with Crippen LogP contribution in [0.25, 0.3) is 0 Å². The number of hydrogen-bond donors (Lipinski definition) is 16. The molecule has 1 aliphatic heterocycles. The van der Waals surface area contributed by atoms with Gasteiger partial charge in [0, 0.05) is 91.6 Å². The van der Waals surface area contributed by atoms with E-state index >= 15 is 0 Å². The Morgan fingerprint density at radius 2 is 0.627 bits per heavy atom. The van der Waals surface area contributed by atoms with E-state index in [-0.39, 0.29) is 213 Å². The van der Waals surface area contributed by atoms with Gasteiger partial charge in [0.25, 0.3) is 17.7 Å². The third kappa shape index (κ3) is 19.6. The van der Waals surface area contributed by atoms with Gasteiger partial charge in [-0.3, -0.25) is 38.8 Å². The predicted molar refractivity (Wildman–Crippen MR) is 312 cm³/mol. The van der Waals surface area contributed by atoms with E-state index in [1.54, 1.807) is 140 Å². The molecule has 0 bridgehead atoms. The molecule has 32 heteroatoms. The number of phenolic OH excluding ortho intramolecular Hbond substituents is 6. The summed E-state index contributed by atoms with van der Waals surface area (Å²) in [6.07, 6.45) is -3.77. The van der Waals surface area contributed by atoms with Gasteiger partial charge in [0.05, 0.1) is 99.5 Å². The maximum Gasteiger partial charge on any atom is 3.00 e. The molecule has 3 amide bonds. The Labute approximate surface area is 564 Å². The van der Waals surface area contributed by atoms with Gasteiger partial charge in [-0.05, 0) is 136 Å². The molecule has 1 heterocycles. The second-order valence-electron chi connectivity index (χ2n) is 16.7. The topological polar surface area (TPSA) is 380 Å². The summed E-state index contributed by atoms with van der Waals surface area (Å²) in [7, 11) is 0. The van der Waals surface area contributed by atoms with Gasteiger partial charge in [0.1, 0.15) is 34.5 Å². The number of rotatable bonds is 20. The summed E-state index contributed by atoms with van der Waals surface area (Å²) >= 11 is 10.6. The quantitative estimate of drug-likeness (QED) is 0.0396. The van der Waals surface area contributed by atoms with Gasteiger partial charge in [-0.2, -0.15) is 0 Å². The fourth-order valence-corrected chi connectivity index (χ4v) is 13.9. The number of amides is 3. The van der Waals surface area contributed by atoms with E-state index in [9.17, 15) is 85.6 Å².